The van der Waals surface area contributed by atoms with Crippen LogP contribution in [0.1, 0.15) is 44.9 Å². The lowest BCUT2D eigenvalue weighted by Crippen LogP contribution is -2.48. The third kappa shape index (κ3) is 7.43. The Morgan fingerprint density at radius 2 is 0.536 bits per heavy atom. The molecule has 12 aromatic rings. The molecule has 3 aliphatic rings. The molecule has 408 valence electrons. The molecule has 2 aliphatic heterocycles. The molecule has 0 atom stereocenters. The van der Waals surface area contributed by atoms with Crippen LogP contribution in [0.25, 0.3) is 0 Å². The van der Waals surface area contributed by atoms with Crippen molar-refractivity contribution in [2.75, 3.05) is 48.0 Å². The molecule has 10 heteroatoms. The Kier molecular flexibility index (Phi) is 11.9. The highest BCUT2D eigenvalue weighted by Crippen LogP contribution is 2.70. The minimum Gasteiger partial charge on any atom is -0.497 e. The van der Waals surface area contributed by atoms with Crippen LogP contribution < -0.4 is 38.5 Å². The predicted molar refractivity (Wildman–Crippen MR) is 333 cm³/mol. The number of rotatable bonds is 12. The van der Waals surface area contributed by atoms with E-state index in [1.807, 2.05) is 48.5 Å². The van der Waals surface area contributed by atoms with Gasteiger partial charge in [-0.05, 0) is 168 Å². The molecule has 0 bridgehead atoms. The molecule has 0 N–H and O–H groups in total. The van der Waals surface area contributed by atoms with E-state index >= 15 is 0 Å². The van der Waals surface area contributed by atoms with Gasteiger partial charge in [0.25, 0.3) is 0 Å². The van der Waals surface area contributed by atoms with E-state index in [2.05, 4.69) is 238 Å². The topological polar surface area (TPSA) is 76.2 Å². The number of hydrogen-bond donors (Lipinski definition) is 0. The summed E-state index contributed by atoms with van der Waals surface area (Å²) in [5, 5.41) is 0. The average molecular weight is 1100 g/mol. The van der Waals surface area contributed by atoms with Crippen molar-refractivity contribution in [1.82, 2.24) is 0 Å². The fourth-order valence-electron chi connectivity index (χ4n) is 13.3. The van der Waals surface area contributed by atoms with E-state index in [0.717, 1.165) is 125 Å². The summed E-state index contributed by atoms with van der Waals surface area (Å²) >= 11 is 0. The largest absolute Gasteiger partial charge is 0.497 e. The summed E-state index contributed by atoms with van der Waals surface area (Å²) in [4.78, 5) is 9.15. The lowest BCUT2D eigenvalue weighted by atomic mass is 9.53. The molecule has 84 heavy (non-hydrogen) atoms. The van der Waals surface area contributed by atoms with E-state index in [0.29, 0.717) is 11.8 Å². The monoisotopic (exact) mass is 1100 g/mol. The molecule has 0 amide bonds. The van der Waals surface area contributed by atoms with Crippen LogP contribution in [0.5, 0.6) is 23.0 Å². The van der Waals surface area contributed by atoms with E-state index in [4.69, 9.17) is 27.8 Å². The molecule has 4 heterocycles. The van der Waals surface area contributed by atoms with Crippen molar-refractivity contribution in [3.05, 3.63) is 312 Å². The molecule has 0 radical (unpaired) electrons. The molecular formula is C74H56N4O6. The molecule has 2 aromatic heterocycles. The van der Waals surface area contributed by atoms with Crippen molar-refractivity contribution in [3.63, 3.8) is 0 Å². The number of nitrogens with zero attached hydrogens (tertiary/aromatic N) is 4. The summed E-state index contributed by atoms with van der Waals surface area (Å²) in [6, 6.07) is 93.5. The third-order valence-corrected chi connectivity index (χ3v) is 16.9. The Morgan fingerprint density at radius 1 is 0.286 bits per heavy atom. The molecule has 10 aromatic carbocycles. The van der Waals surface area contributed by atoms with Gasteiger partial charge < -0.3 is 37.6 Å². The van der Waals surface area contributed by atoms with Crippen LogP contribution in [-0.4, -0.2) is 28.4 Å². The molecule has 10 nitrogen and oxygen atoms in total. The van der Waals surface area contributed by atoms with Gasteiger partial charge in [-0.3, -0.25) is 9.80 Å². The summed E-state index contributed by atoms with van der Waals surface area (Å²) in [5.41, 5.74) is 13.0. The van der Waals surface area contributed by atoms with Crippen molar-refractivity contribution in [2.24, 2.45) is 0 Å². The van der Waals surface area contributed by atoms with Crippen LogP contribution in [0.3, 0.4) is 0 Å². The first-order valence-corrected chi connectivity index (χ1v) is 28.0. The van der Waals surface area contributed by atoms with Gasteiger partial charge in [-0.15, -0.1) is 0 Å². The Balaban J connectivity index is 1.13. The number of fused-ring (bicyclic) bond motifs is 14. The average Bonchev–Trinajstić information content (AvgIpc) is 1.37. The van der Waals surface area contributed by atoms with E-state index in [-0.39, 0.29) is 0 Å². The van der Waals surface area contributed by atoms with Gasteiger partial charge in [0.2, 0.25) is 11.8 Å². The summed E-state index contributed by atoms with van der Waals surface area (Å²) in [7, 11) is 6.76. The molecule has 0 saturated carbocycles. The Hall–Kier alpha value is -10.8. The van der Waals surface area contributed by atoms with Gasteiger partial charge in [-0.2, -0.15) is 0 Å². The number of furan rings is 2. The van der Waals surface area contributed by atoms with Crippen molar-refractivity contribution in [1.29, 1.82) is 0 Å². The van der Waals surface area contributed by atoms with Gasteiger partial charge in [0.05, 0.1) is 51.2 Å². The van der Waals surface area contributed by atoms with Crippen molar-refractivity contribution in [3.8, 4) is 23.0 Å². The van der Waals surface area contributed by atoms with Gasteiger partial charge in [0.1, 0.15) is 45.3 Å². The SMILES string of the molecule is COc1ccc(N(c2ccc(OC)cc2)c2cc3c(o2)C2(c4ccccc4N(c4ccccc4)c4ccccc42)c2cc(N(c4ccc(OC)cc4)c4ccc(OC)cc4)oc2C32c3ccccc3N(c3ccccc3)c3ccccc32)cc1. The van der Waals surface area contributed by atoms with Crippen molar-refractivity contribution < 1.29 is 27.8 Å². The highest BCUT2D eigenvalue weighted by atomic mass is 16.5. The van der Waals surface area contributed by atoms with Gasteiger partial charge >= 0.3 is 0 Å². The van der Waals surface area contributed by atoms with Crippen LogP contribution in [0.2, 0.25) is 0 Å². The fraction of sp³-hybridized carbons (Fsp3) is 0.0811. The van der Waals surface area contributed by atoms with Crippen LogP contribution in [0.15, 0.2) is 276 Å². The Bertz CT molecular complexity index is 3870. The number of anilines is 12. The first-order valence-electron chi connectivity index (χ1n) is 28.0. The minimum absolute atomic E-state index is 0.596. The Labute approximate surface area is 487 Å². The zero-order valence-electron chi connectivity index (χ0n) is 46.6. The first-order chi connectivity index (χ1) is 41.5. The van der Waals surface area contributed by atoms with E-state index in [1.165, 1.54) is 0 Å². The molecular weight excluding hydrogens is 1040 g/mol. The first kappa shape index (κ1) is 50.1. The minimum atomic E-state index is -1.19. The van der Waals surface area contributed by atoms with Crippen molar-refractivity contribution >= 4 is 68.6 Å². The smallest absolute Gasteiger partial charge is 0.205 e. The number of ether oxygens (including phenoxy) is 4. The molecule has 0 saturated heterocycles. The lowest BCUT2D eigenvalue weighted by molar-refractivity contribution is 0.398. The van der Waals surface area contributed by atoms with Crippen LogP contribution in [-0.2, 0) is 10.8 Å². The number of hydrogen-bond acceptors (Lipinski definition) is 10. The van der Waals surface area contributed by atoms with Gasteiger partial charge in [0.15, 0.2) is 0 Å². The standard InChI is InChI=1S/C74H56N4O6/c1-79-55-39-31-51(32-40-55)75(52-33-41-56(80-2)42-34-52)69-47-63-71(83-69)74(61-25-13-17-29-67(61)78(50-21-9-6-10-22-50)68-30-18-14-26-62(68)74)64-48-70(76(53-35-43-57(81-3)44-36-53)54-37-45-58(82-4)46-38-54)84-72(64)73(63)59-23-11-15-27-65(59)77(49-19-7-5-8-20-49)66-28-16-12-24-60(66)73/h5-48H,1-4H3. The second-order valence-corrected chi connectivity index (χ2v) is 21.0. The summed E-state index contributed by atoms with van der Waals surface area (Å²) < 4.78 is 39.4. The molecule has 0 unspecified atom stereocenters. The molecule has 2 spiro atoms. The number of methoxy groups -OCH3 is 4. The van der Waals surface area contributed by atoms with Gasteiger partial charge in [-0.25, -0.2) is 0 Å². The maximum atomic E-state index is 8.20. The second kappa shape index (κ2) is 20.0. The Morgan fingerprint density at radius 3 is 0.798 bits per heavy atom. The van der Waals surface area contributed by atoms with Crippen LogP contribution in [0.4, 0.5) is 68.6 Å². The second-order valence-electron chi connectivity index (χ2n) is 21.0. The van der Waals surface area contributed by atoms with Crippen LogP contribution >= 0.6 is 0 Å². The summed E-state index contributed by atoms with van der Waals surface area (Å²) in [6.45, 7) is 0. The fourth-order valence-corrected chi connectivity index (χ4v) is 13.3. The highest BCUT2D eigenvalue weighted by Gasteiger charge is 2.64. The third-order valence-electron chi connectivity index (χ3n) is 16.9. The van der Waals surface area contributed by atoms with Gasteiger partial charge in [-0.1, -0.05) is 109 Å². The molecule has 15 rings (SSSR count). The molecule has 0 fully saturated rings. The quantitative estimate of drug-likeness (QED) is 0.118. The highest BCUT2D eigenvalue weighted by molar-refractivity contribution is 5.96. The zero-order valence-corrected chi connectivity index (χ0v) is 46.6. The van der Waals surface area contributed by atoms with E-state index in [9.17, 15) is 0 Å². The van der Waals surface area contributed by atoms with E-state index < -0.39 is 10.8 Å². The number of para-hydroxylation sites is 6. The zero-order chi connectivity index (χ0) is 56.5. The number of benzene rings is 10. The normalized spacial score (nSPS) is 13.6. The predicted octanol–water partition coefficient (Wildman–Crippen LogP) is 18.5. The van der Waals surface area contributed by atoms with E-state index in [1.54, 1.807) is 28.4 Å². The molecule has 1 aliphatic carbocycles. The lowest BCUT2D eigenvalue weighted by Gasteiger charge is -2.51. The summed E-state index contributed by atoms with van der Waals surface area (Å²) in [5.74, 6) is 5.63. The van der Waals surface area contributed by atoms with Crippen molar-refractivity contribution in [2.45, 2.75) is 10.8 Å². The van der Waals surface area contributed by atoms with Gasteiger partial charge in [0, 0.05) is 57.4 Å². The summed E-state index contributed by atoms with van der Waals surface area (Å²) in [6.07, 6.45) is 0. The van der Waals surface area contributed by atoms with Crippen LogP contribution in [0, 0.1) is 0 Å². The maximum absolute atomic E-state index is 8.20. The maximum Gasteiger partial charge on any atom is 0.205 e.